The summed E-state index contributed by atoms with van der Waals surface area (Å²) in [6, 6.07) is 7.02. The molecule has 0 spiro atoms. The fourth-order valence-corrected chi connectivity index (χ4v) is 2.12. The number of methoxy groups -OCH3 is 1. The van der Waals surface area contributed by atoms with Gasteiger partial charge in [0.1, 0.15) is 11.5 Å². The molecule has 4 nitrogen and oxygen atoms in total. The molecule has 3 rings (SSSR count). The van der Waals surface area contributed by atoms with E-state index >= 15 is 0 Å². The van der Waals surface area contributed by atoms with Crippen molar-refractivity contribution >= 4 is 16.6 Å². The molecular weight excluding hydrogens is 309 g/mol. The summed E-state index contributed by atoms with van der Waals surface area (Å²) in [7, 11) is 1.48. The van der Waals surface area contributed by atoms with Crippen molar-refractivity contribution < 1.29 is 22.6 Å². The van der Waals surface area contributed by atoms with E-state index in [-0.39, 0.29) is 5.75 Å². The standard InChI is InChI=1S/C16H11F3N2O2/c1-22-8-2-3-12-9(6-8)13(4-5-21-12)23-16-10(17)7-11(20)14(18)15(16)19/h2-7H,20H2,1H3. The highest BCUT2D eigenvalue weighted by molar-refractivity contribution is 5.86. The average molecular weight is 320 g/mol. The van der Waals surface area contributed by atoms with E-state index < -0.39 is 28.9 Å². The molecule has 0 aliphatic heterocycles. The number of nitrogens with zero attached hydrogens (tertiary/aromatic N) is 1. The molecule has 7 heteroatoms. The largest absolute Gasteiger partial charge is 0.497 e. The highest BCUT2D eigenvalue weighted by atomic mass is 19.2. The van der Waals surface area contributed by atoms with Gasteiger partial charge in [0.05, 0.1) is 18.3 Å². The molecule has 118 valence electrons. The van der Waals surface area contributed by atoms with Gasteiger partial charge in [0, 0.05) is 17.6 Å². The molecule has 23 heavy (non-hydrogen) atoms. The van der Waals surface area contributed by atoms with Gasteiger partial charge < -0.3 is 15.2 Å². The maximum Gasteiger partial charge on any atom is 0.206 e. The number of anilines is 1. The van der Waals surface area contributed by atoms with E-state index in [0.717, 1.165) is 0 Å². The van der Waals surface area contributed by atoms with Crippen LogP contribution < -0.4 is 15.2 Å². The first kappa shape index (κ1) is 15.0. The lowest BCUT2D eigenvalue weighted by Crippen LogP contribution is -2.01. The Bertz CT molecular complexity index is 900. The Morgan fingerprint density at radius 1 is 1.04 bits per heavy atom. The van der Waals surface area contributed by atoms with Gasteiger partial charge in [-0.2, -0.15) is 4.39 Å². The summed E-state index contributed by atoms with van der Waals surface area (Å²) in [4.78, 5) is 4.12. The van der Waals surface area contributed by atoms with Gasteiger partial charge in [0.25, 0.3) is 0 Å². The van der Waals surface area contributed by atoms with Gasteiger partial charge in [-0.3, -0.25) is 4.98 Å². The number of hydrogen-bond donors (Lipinski definition) is 1. The van der Waals surface area contributed by atoms with Crippen LogP contribution in [-0.4, -0.2) is 12.1 Å². The van der Waals surface area contributed by atoms with Gasteiger partial charge in [0.15, 0.2) is 11.6 Å². The smallest absolute Gasteiger partial charge is 0.206 e. The van der Waals surface area contributed by atoms with E-state index in [1.807, 2.05) is 0 Å². The van der Waals surface area contributed by atoms with E-state index in [1.165, 1.54) is 19.4 Å². The maximum absolute atomic E-state index is 13.9. The van der Waals surface area contributed by atoms with E-state index in [4.69, 9.17) is 15.2 Å². The van der Waals surface area contributed by atoms with Crippen LogP contribution in [0.25, 0.3) is 10.9 Å². The number of ether oxygens (including phenoxy) is 2. The minimum Gasteiger partial charge on any atom is -0.497 e. The Morgan fingerprint density at radius 3 is 2.57 bits per heavy atom. The lowest BCUT2D eigenvalue weighted by atomic mass is 10.2. The number of benzene rings is 2. The summed E-state index contributed by atoms with van der Waals surface area (Å²) < 4.78 is 51.6. The molecule has 0 fully saturated rings. The van der Waals surface area contributed by atoms with E-state index in [2.05, 4.69) is 4.98 Å². The van der Waals surface area contributed by atoms with Crippen molar-refractivity contribution in [2.75, 3.05) is 12.8 Å². The Morgan fingerprint density at radius 2 is 1.83 bits per heavy atom. The maximum atomic E-state index is 13.9. The predicted octanol–water partition coefficient (Wildman–Crippen LogP) is 4.04. The van der Waals surface area contributed by atoms with E-state index in [0.29, 0.717) is 22.7 Å². The lowest BCUT2D eigenvalue weighted by Gasteiger charge is -2.12. The Balaban J connectivity index is 2.14. The van der Waals surface area contributed by atoms with Crippen LogP contribution >= 0.6 is 0 Å². The van der Waals surface area contributed by atoms with Gasteiger partial charge in [-0.1, -0.05) is 0 Å². The molecule has 1 aromatic heterocycles. The number of aromatic nitrogens is 1. The van der Waals surface area contributed by atoms with Crippen molar-refractivity contribution in [1.29, 1.82) is 0 Å². The summed E-state index contributed by atoms with van der Waals surface area (Å²) in [5, 5.41) is 0.461. The Kier molecular flexibility index (Phi) is 3.69. The second-order valence-corrected chi connectivity index (χ2v) is 4.70. The minimum atomic E-state index is -1.49. The first-order valence-corrected chi connectivity index (χ1v) is 6.55. The van der Waals surface area contributed by atoms with Crippen LogP contribution in [0.4, 0.5) is 18.9 Å². The quantitative estimate of drug-likeness (QED) is 0.584. The fourth-order valence-electron chi connectivity index (χ4n) is 2.12. The van der Waals surface area contributed by atoms with Crippen molar-refractivity contribution in [3.63, 3.8) is 0 Å². The molecular formula is C16H11F3N2O2. The molecule has 2 aromatic carbocycles. The Hall–Kier alpha value is -2.96. The molecule has 0 saturated heterocycles. The zero-order chi connectivity index (χ0) is 16.6. The number of halogens is 3. The van der Waals surface area contributed by atoms with Crippen molar-refractivity contribution in [2.24, 2.45) is 0 Å². The van der Waals surface area contributed by atoms with Crippen molar-refractivity contribution in [3.8, 4) is 17.2 Å². The second-order valence-electron chi connectivity index (χ2n) is 4.70. The molecule has 0 aliphatic carbocycles. The highest BCUT2D eigenvalue weighted by Gasteiger charge is 2.20. The second kappa shape index (κ2) is 5.68. The van der Waals surface area contributed by atoms with Crippen LogP contribution in [0.2, 0.25) is 0 Å². The monoisotopic (exact) mass is 320 g/mol. The van der Waals surface area contributed by atoms with Gasteiger partial charge in [0.2, 0.25) is 11.6 Å². The summed E-state index contributed by atoms with van der Waals surface area (Å²) in [6.07, 6.45) is 1.41. The third-order valence-corrected chi connectivity index (χ3v) is 3.27. The molecule has 0 amide bonds. The topological polar surface area (TPSA) is 57.4 Å². The number of rotatable bonds is 3. The minimum absolute atomic E-state index is 0.107. The molecule has 0 unspecified atom stereocenters. The van der Waals surface area contributed by atoms with Gasteiger partial charge in [-0.15, -0.1) is 0 Å². The third-order valence-electron chi connectivity index (χ3n) is 3.27. The van der Waals surface area contributed by atoms with Gasteiger partial charge in [-0.25, -0.2) is 8.78 Å². The van der Waals surface area contributed by atoms with Crippen LogP contribution in [0.1, 0.15) is 0 Å². The lowest BCUT2D eigenvalue weighted by molar-refractivity contribution is 0.390. The van der Waals surface area contributed by atoms with Crippen LogP contribution in [-0.2, 0) is 0 Å². The highest BCUT2D eigenvalue weighted by Crippen LogP contribution is 2.35. The van der Waals surface area contributed by atoms with E-state index in [9.17, 15) is 13.2 Å². The Labute approximate surface area is 129 Å². The van der Waals surface area contributed by atoms with Crippen molar-refractivity contribution in [3.05, 3.63) is 54.0 Å². The molecule has 0 radical (unpaired) electrons. The summed E-state index contributed by atoms with van der Waals surface area (Å²) in [5.41, 5.74) is 5.07. The van der Waals surface area contributed by atoms with Crippen molar-refractivity contribution in [2.45, 2.75) is 0 Å². The zero-order valence-corrected chi connectivity index (χ0v) is 11.9. The summed E-state index contributed by atoms with van der Waals surface area (Å²) >= 11 is 0. The number of nitrogen functional groups attached to an aromatic ring is 1. The predicted molar refractivity (Wildman–Crippen MR) is 79.1 cm³/mol. The number of fused-ring (bicyclic) bond motifs is 1. The average Bonchev–Trinajstić information content (AvgIpc) is 2.56. The van der Waals surface area contributed by atoms with E-state index in [1.54, 1.807) is 18.2 Å². The van der Waals surface area contributed by atoms with Crippen LogP contribution in [0.5, 0.6) is 17.2 Å². The summed E-state index contributed by atoms with van der Waals surface area (Å²) in [5.74, 6) is -4.20. The fraction of sp³-hybridized carbons (Fsp3) is 0.0625. The first-order valence-electron chi connectivity index (χ1n) is 6.55. The van der Waals surface area contributed by atoms with Crippen LogP contribution in [0.3, 0.4) is 0 Å². The number of nitrogens with two attached hydrogens (primary N) is 1. The third kappa shape index (κ3) is 2.61. The molecule has 1 heterocycles. The number of pyridine rings is 1. The SMILES string of the molecule is COc1ccc2nccc(Oc3c(F)cc(N)c(F)c3F)c2c1. The molecule has 0 aliphatic rings. The molecule has 0 bridgehead atoms. The van der Waals surface area contributed by atoms with Crippen molar-refractivity contribution in [1.82, 2.24) is 4.98 Å². The zero-order valence-electron chi connectivity index (χ0n) is 11.9. The van der Waals surface area contributed by atoms with Crippen LogP contribution in [0.15, 0.2) is 36.5 Å². The van der Waals surface area contributed by atoms with Crippen LogP contribution in [0, 0.1) is 17.5 Å². The number of hydrogen-bond acceptors (Lipinski definition) is 4. The molecule has 0 atom stereocenters. The molecule has 2 N–H and O–H groups in total. The molecule has 0 saturated carbocycles. The molecule has 3 aromatic rings. The van der Waals surface area contributed by atoms with Gasteiger partial charge in [-0.05, 0) is 24.3 Å². The summed E-state index contributed by atoms with van der Waals surface area (Å²) in [6.45, 7) is 0. The normalized spacial score (nSPS) is 10.8. The van der Waals surface area contributed by atoms with Gasteiger partial charge >= 0.3 is 0 Å². The first-order chi connectivity index (χ1) is 11.0.